The first-order chi connectivity index (χ1) is 17.3. The number of aromatic hydroxyl groups is 4. The maximum Gasteiger partial charge on any atom is 0.174 e. The van der Waals surface area contributed by atoms with Crippen LogP contribution >= 0.6 is 0 Å². The summed E-state index contributed by atoms with van der Waals surface area (Å²) in [6.45, 7) is 14.0. The molecule has 4 N–H and O–H groups in total. The van der Waals surface area contributed by atoms with E-state index in [9.17, 15) is 25.2 Å². The summed E-state index contributed by atoms with van der Waals surface area (Å²) >= 11 is 0. The van der Waals surface area contributed by atoms with E-state index in [1.807, 2.05) is 40.7 Å². The van der Waals surface area contributed by atoms with E-state index in [1.54, 1.807) is 6.08 Å². The van der Waals surface area contributed by atoms with Crippen molar-refractivity contribution in [3.05, 3.63) is 64.3 Å². The van der Waals surface area contributed by atoms with E-state index in [4.69, 9.17) is 9.47 Å². The molecule has 0 unspecified atom stereocenters. The molecule has 7 nitrogen and oxygen atoms in total. The van der Waals surface area contributed by atoms with Crippen molar-refractivity contribution in [2.75, 3.05) is 0 Å². The standard InChI is InChI=1S/C30H34O7/c1-15(2)7-8-17(16(3)4)11-20-28-19(9-10-30(5,6)37-28)27(35)26-23(34)14-24(36-29(20)26)25-21(32)12-18(31)13-22(25)33/h7,9-10,12-13,17,24,31-33,35H,3,8,11,14H2,1-2,4-6H3/t17-,24-/m0/s1. The molecule has 37 heavy (non-hydrogen) atoms. The zero-order valence-corrected chi connectivity index (χ0v) is 21.9. The van der Waals surface area contributed by atoms with Crippen molar-refractivity contribution in [3.63, 3.8) is 0 Å². The fourth-order valence-corrected chi connectivity index (χ4v) is 4.83. The van der Waals surface area contributed by atoms with Gasteiger partial charge in [0.1, 0.15) is 51.8 Å². The molecule has 0 aromatic heterocycles. The highest BCUT2D eigenvalue weighted by Crippen LogP contribution is 2.53. The first-order valence-corrected chi connectivity index (χ1v) is 12.3. The van der Waals surface area contributed by atoms with E-state index in [1.165, 1.54) is 5.57 Å². The van der Waals surface area contributed by atoms with Gasteiger partial charge < -0.3 is 29.9 Å². The Morgan fingerprint density at radius 2 is 1.78 bits per heavy atom. The molecular formula is C30H34O7. The number of fused-ring (bicyclic) bond motifs is 2. The Morgan fingerprint density at radius 1 is 1.14 bits per heavy atom. The SMILES string of the molecule is C=C(C)[C@@H](CC=C(C)C)Cc1c2c(c(O)c3c1O[C@H](c1c(O)cc(O)cc1O)CC3=O)C=CC(C)(C)O2. The number of benzene rings is 2. The quantitative estimate of drug-likeness (QED) is 0.331. The van der Waals surface area contributed by atoms with Gasteiger partial charge in [0.15, 0.2) is 5.78 Å². The molecule has 0 saturated carbocycles. The smallest absolute Gasteiger partial charge is 0.174 e. The van der Waals surface area contributed by atoms with E-state index < -0.39 is 29.0 Å². The van der Waals surface area contributed by atoms with Crippen LogP contribution in [-0.2, 0) is 6.42 Å². The highest BCUT2D eigenvalue weighted by Gasteiger charge is 2.40. The number of Topliss-reactive ketones (excluding diaryl/α,β-unsaturated/α-hetero) is 1. The van der Waals surface area contributed by atoms with E-state index in [0.29, 0.717) is 23.3 Å². The number of carbonyl (C=O) groups is 1. The second-order valence-electron chi connectivity index (χ2n) is 10.7. The summed E-state index contributed by atoms with van der Waals surface area (Å²) in [7, 11) is 0. The van der Waals surface area contributed by atoms with E-state index in [0.717, 1.165) is 24.1 Å². The lowest BCUT2D eigenvalue weighted by molar-refractivity contribution is 0.0832. The van der Waals surface area contributed by atoms with Gasteiger partial charge in [-0.2, -0.15) is 0 Å². The average Bonchev–Trinajstić information content (AvgIpc) is 2.76. The molecule has 0 amide bonds. The number of carbonyl (C=O) groups excluding carboxylic acids is 1. The van der Waals surface area contributed by atoms with Gasteiger partial charge >= 0.3 is 0 Å². The molecule has 2 atom stereocenters. The van der Waals surface area contributed by atoms with Crippen LogP contribution in [0.3, 0.4) is 0 Å². The third kappa shape index (κ3) is 5.03. The van der Waals surface area contributed by atoms with Gasteiger partial charge in [0.05, 0.1) is 17.5 Å². The van der Waals surface area contributed by atoms with E-state index in [2.05, 4.69) is 12.7 Å². The van der Waals surface area contributed by atoms with Gasteiger partial charge in [-0.15, -0.1) is 0 Å². The third-order valence-electron chi connectivity index (χ3n) is 6.84. The van der Waals surface area contributed by atoms with Crippen molar-refractivity contribution >= 4 is 11.9 Å². The number of ketones is 1. The Morgan fingerprint density at radius 3 is 2.38 bits per heavy atom. The number of phenols is 4. The van der Waals surface area contributed by atoms with Crippen molar-refractivity contribution in [3.8, 4) is 34.5 Å². The Balaban J connectivity index is 1.92. The number of hydrogen-bond acceptors (Lipinski definition) is 7. The number of rotatable bonds is 6. The van der Waals surface area contributed by atoms with Crippen molar-refractivity contribution in [2.45, 2.75) is 65.6 Å². The second kappa shape index (κ2) is 9.54. The zero-order chi connectivity index (χ0) is 27.2. The summed E-state index contributed by atoms with van der Waals surface area (Å²) < 4.78 is 12.6. The van der Waals surface area contributed by atoms with Crippen LogP contribution in [0.15, 0.2) is 42.0 Å². The minimum atomic E-state index is -1.04. The lowest BCUT2D eigenvalue weighted by Crippen LogP contribution is -2.30. The summed E-state index contributed by atoms with van der Waals surface area (Å²) in [6, 6.07) is 2.16. The lowest BCUT2D eigenvalue weighted by atomic mass is 9.84. The molecule has 7 heteroatoms. The molecule has 0 saturated heterocycles. The van der Waals surface area contributed by atoms with Crippen LogP contribution < -0.4 is 9.47 Å². The largest absolute Gasteiger partial charge is 0.508 e. The maximum absolute atomic E-state index is 13.4. The minimum Gasteiger partial charge on any atom is -0.508 e. The van der Waals surface area contributed by atoms with Crippen LogP contribution in [0.2, 0.25) is 0 Å². The van der Waals surface area contributed by atoms with Gasteiger partial charge in [-0.05, 0) is 65.5 Å². The summed E-state index contributed by atoms with van der Waals surface area (Å²) in [5, 5.41) is 41.9. The van der Waals surface area contributed by atoms with Gasteiger partial charge in [-0.1, -0.05) is 23.8 Å². The normalized spacial score (nSPS) is 18.2. The summed E-state index contributed by atoms with van der Waals surface area (Å²) in [6.07, 6.45) is 5.62. The lowest BCUT2D eigenvalue weighted by Gasteiger charge is -2.35. The molecule has 0 aliphatic carbocycles. The van der Waals surface area contributed by atoms with Gasteiger partial charge in [-0.25, -0.2) is 0 Å². The Hall–Kier alpha value is -3.87. The molecule has 196 valence electrons. The highest BCUT2D eigenvalue weighted by atomic mass is 16.5. The minimum absolute atomic E-state index is 0.000169. The second-order valence-corrected chi connectivity index (χ2v) is 10.7. The van der Waals surface area contributed by atoms with Crippen LogP contribution in [0.4, 0.5) is 0 Å². The van der Waals surface area contributed by atoms with Crippen LogP contribution in [0.1, 0.15) is 80.6 Å². The monoisotopic (exact) mass is 506 g/mol. The van der Waals surface area contributed by atoms with Crippen LogP contribution in [-0.4, -0.2) is 31.8 Å². The molecule has 4 rings (SSSR count). The molecule has 0 bridgehead atoms. The van der Waals surface area contributed by atoms with E-state index in [-0.39, 0.29) is 40.7 Å². The van der Waals surface area contributed by atoms with Gasteiger partial charge in [-0.3, -0.25) is 4.79 Å². The van der Waals surface area contributed by atoms with Crippen LogP contribution in [0, 0.1) is 5.92 Å². The summed E-state index contributed by atoms with van der Waals surface area (Å²) in [5.41, 5.74) is 2.54. The molecule has 2 aliphatic heterocycles. The highest BCUT2D eigenvalue weighted by molar-refractivity contribution is 6.05. The van der Waals surface area contributed by atoms with Gasteiger partial charge in [0.2, 0.25) is 0 Å². The van der Waals surface area contributed by atoms with Crippen molar-refractivity contribution in [1.29, 1.82) is 0 Å². The first kappa shape index (κ1) is 26.2. The maximum atomic E-state index is 13.4. The van der Waals surface area contributed by atoms with Crippen LogP contribution in [0.5, 0.6) is 34.5 Å². The fraction of sp³-hybridized carbons (Fsp3) is 0.367. The molecule has 0 spiro atoms. The van der Waals surface area contributed by atoms with Crippen LogP contribution in [0.25, 0.3) is 6.08 Å². The predicted molar refractivity (Wildman–Crippen MR) is 142 cm³/mol. The Labute approximate surface area is 217 Å². The molecule has 2 aliphatic rings. The van der Waals surface area contributed by atoms with Crippen molar-refractivity contribution < 1.29 is 34.7 Å². The molecule has 2 aromatic carbocycles. The third-order valence-corrected chi connectivity index (χ3v) is 6.84. The topological polar surface area (TPSA) is 116 Å². The Kier molecular flexibility index (Phi) is 6.76. The zero-order valence-electron chi connectivity index (χ0n) is 21.9. The van der Waals surface area contributed by atoms with Crippen molar-refractivity contribution in [2.24, 2.45) is 5.92 Å². The number of hydrogen-bond donors (Lipinski definition) is 4. The van der Waals surface area contributed by atoms with Gasteiger partial charge in [0.25, 0.3) is 0 Å². The fourth-order valence-electron chi connectivity index (χ4n) is 4.83. The van der Waals surface area contributed by atoms with Gasteiger partial charge in [0, 0.05) is 17.7 Å². The summed E-state index contributed by atoms with van der Waals surface area (Å²) in [5.74, 6) is -1.14. The van der Waals surface area contributed by atoms with Crippen molar-refractivity contribution in [1.82, 2.24) is 0 Å². The molecule has 0 fully saturated rings. The molecule has 2 heterocycles. The molecule has 0 radical (unpaired) electrons. The predicted octanol–water partition coefficient (Wildman–Crippen LogP) is 6.49. The molecular weight excluding hydrogens is 472 g/mol. The number of ether oxygens (including phenoxy) is 2. The number of phenolic OH excluding ortho intramolecular Hbond substituents is 4. The van der Waals surface area contributed by atoms with E-state index >= 15 is 0 Å². The summed E-state index contributed by atoms with van der Waals surface area (Å²) in [4.78, 5) is 13.4. The Bertz CT molecular complexity index is 1320. The average molecular weight is 507 g/mol. The first-order valence-electron chi connectivity index (χ1n) is 12.3. The molecule has 2 aromatic rings. The number of allylic oxidation sites excluding steroid dienone is 3.